The fourth-order valence-electron chi connectivity index (χ4n) is 3.26. The zero-order valence-electron chi connectivity index (χ0n) is 12.3. The third-order valence-electron chi connectivity index (χ3n) is 4.18. The topological polar surface area (TPSA) is 21.3 Å². The summed E-state index contributed by atoms with van der Waals surface area (Å²) in [6, 6.07) is 2.71. The minimum Gasteiger partial charge on any atom is -0.374 e. The Bertz CT molecular complexity index is 344. The number of rotatable bonds is 8. The van der Waals surface area contributed by atoms with Crippen molar-refractivity contribution in [3.05, 3.63) is 22.4 Å². The van der Waals surface area contributed by atoms with E-state index in [2.05, 4.69) is 36.0 Å². The van der Waals surface area contributed by atoms with Gasteiger partial charge in [-0.05, 0) is 61.5 Å². The molecule has 0 spiro atoms. The van der Waals surface area contributed by atoms with Gasteiger partial charge in [-0.1, -0.05) is 19.8 Å². The second kappa shape index (κ2) is 7.41. The van der Waals surface area contributed by atoms with Crippen LogP contribution in [0.5, 0.6) is 0 Å². The molecule has 1 N–H and O–H groups in total. The highest BCUT2D eigenvalue weighted by molar-refractivity contribution is 7.07. The van der Waals surface area contributed by atoms with E-state index in [0.717, 1.165) is 19.6 Å². The van der Waals surface area contributed by atoms with Gasteiger partial charge in [-0.15, -0.1) is 0 Å². The molecule has 1 aliphatic carbocycles. The largest absolute Gasteiger partial charge is 0.374 e. The molecule has 0 saturated heterocycles. The Hall–Kier alpha value is -0.380. The molecule has 19 heavy (non-hydrogen) atoms. The van der Waals surface area contributed by atoms with Crippen LogP contribution in [0.4, 0.5) is 0 Å². The van der Waals surface area contributed by atoms with Gasteiger partial charge in [0.15, 0.2) is 0 Å². The molecular formula is C16H27NOS. The molecule has 2 rings (SSSR count). The van der Waals surface area contributed by atoms with Gasteiger partial charge in [0.25, 0.3) is 0 Å². The van der Waals surface area contributed by atoms with Crippen molar-refractivity contribution in [1.29, 1.82) is 0 Å². The zero-order chi connectivity index (χ0) is 13.6. The van der Waals surface area contributed by atoms with Crippen LogP contribution in [0.2, 0.25) is 0 Å². The summed E-state index contributed by atoms with van der Waals surface area (Å²) >= 11 is 1.79. The number of nitrogens with one attached hydrogen (secondary N) is 1. The first kappa shape index (κ1) is 15.0. The molecule has 1 fully saturated rings. The minimum atomic E-state index is 0.0753. The molecule has 1 aromatic rings. The molecular weight excluding hydrogens is 254 g/mol. The van der Waals surface area contributed by atoms with Crippen LogP contribution in [-0.4, -0.2) is 24.8 Å². The average molecular weight is 281 g/mol. The van der Waals surface area contributed by atoms with Crippen LogP contribution >= 0.6 is 11.3 Å². The molecule has 1 aliphatic rings. The third-order valence-corrected chi connectivity index (χ3v) is 4.91. The van der Waals surface area contributed by atoms with E-state index in [-0.39, 0.29) is 5.60 Å². The third kappa shape index (κ3) is 3.80. The van der Waals surface area contributed by atoms with E-state index in [1.165, 1.54) is 37.7 Å². The van der Waals surface area contributed by atoms with Crippen LogP contribution < -0.4 is 5.32 Å². The lowest BCUT2D eigenvalue weighted by molar-refractivity contribution is -0.0612. The zero-order valence-corrected chi connectivity index (χ0v) is 13.1. The van der Waals surface area contributed by atoms with E-state index < -0.39 is 0 Å². The lowest BCUT2D eigenvalue weighted by Gasteiger charge is -2.38. The van der Waals surface area contributed by atoms with E-state index in [1.54, 1.807) is 11.3 Å². The fraction of sp³-hybridized carbons (Fsp3) is 0.750. The maximum Gasteiger partial charge on any atom is 0.0837 e. The highest BCUT2D eigenvalue weighted by Crippen LogP contribution is 2.37. The Morgan fingerprint density at radius 3 is 2.74 bits per heavy atom. The summed E-state index contributed by atoms with van der Waals surface area (Å²) in [5, 5.41) is 8.20. The molecule has 0 amide bonds. The molecule has 3 heteroatoms. The minimum absolute atomic E-state index is 0.0753. The standard InChI is InChI=1S/C16H27NOS/c1-3-10-17-15(12-14-7-11-19-13-14)16(18-4-2)8-5-6-9-16/h7,11,13,15,17H,3-6,8-10,12H2,1-2H3. The summed E-state index contributed by atoms with van der Waals surface area (Å²) in [5.41, 5.74) is 1.52. The van der Waals surface area contributed by atoms with Crippen molar-refractivity contribution in [1.82, 2.24) is 5.32 Å². The van der Waals surface area contributed by atoms with Crippen LogP contribution in [0.3, 0.4) is 0 Å². The Morgan fingerprint density at radius 2 is 2.16 bits per heavy atom. The van der Waals surface area contributed by atoms with Gasteiger partial charge in [0.05, 0.1) is 5.60 Å². The average Bonchev–Trinajstić information content (AvgIpc) is 3.06. The molecule has 2 nitrogen and oxygen atoms in total. The summed E-state index contributed by atoms with van der Waals surface area (Å²) in [7, 11) is 0. The molecule has 108 valence electrons. The van der Waals surface area contributed by atoms with Gasteiger partial charge in [0, 0.05) is 12.6 Å². The first-order valence-corrected chi connectivity index (χ1v) is 8.63. The Balaban J connectivity index is 2.09. The summed E-state index contributed by atoms with van der Waals surface area (Å²) in [4.78, 5) is 0. The van der Waals surface area contributed by atoms with Gasteiger partial charge in [-0.2, -0.15) is 11.3 Å². The van der Waals surface area contributed by atoms with Crippen LogP contribution in [0.1, 0.15) is 51.5 Å². The first-order valence-electron chi connectivity index (χ1n) is 7.69. The molecule has 1 saturated carbocycles. The van der Waals surface area contributed by atoms with Crippen LogP contribution in [0, 0.1) is 0 Å². The van der Waals surface area contributed by atoms with Crippen molar-refractivity contribution in [3.8, 4) is 0 Å². The number of hydrogen-bond acceptors (Lipinski definition) is 3. The van der Waals surface area contributed by atoms with Crippen molar-refractivity contribution in [3.63, 3.8) is 0 Å². The highest BCUT2D eigenvalue weighted by Gasteiger charge is 2.41. The molecule has 0 aliphatic heterocycles. The van der Waals surface area contributed by atoms with Crippen LogP contribution in [0.15, 0.2) is 16.8 Å². The predicted octanol–water partition coefficient (Wildman–Crippen LogP) is 4.01. The van der Waals surface area contributed by atoms with Gasteiger partial charge >= 0.3 is 0 Å². The lowest BCUT2D eigenvalue weighted by atomic mass is 9.87. The van der Waals surface area contributed by atoms with Gasteiger partial charge < -0.3 is 10.1 Å². The Morgan fingerprint density at radius 1 is 1.37 bits per heavy atom. The van der Waals surface area contributed by atoms with Crippen molar-refractivity contribution in [2.45, 2.75) is 64.0 Å². The molecule has 0 aromatic carbocycles. The lowest BCUT2D eigenvalue weighted by Crippen LogP contribution is -2.52. The highest BCUT2D eigenvalue weighted by atomic mass is 32.1. The maximum absolute atomic E-state index is 6.24. The van der Waals surface area contributed by atoms with Crippen molar-refractivity contribution in [2.75, 3.05) is 13.2 Å². The quantitative estimate of drug-likeness (QED) is 0.777. The predicted molar refractivity (Wildman–Crippen MR) is 82.9 cm³/mol. The smallest absolute Gasteiger partial charge is 0.0837 e. The Kier molecular flexibility index (Phi) is 5.86. The van der Waals surface area contributed by atoms with Crippen LogP contribution in [0.25, 0.3) is 0 Å². The number of thiophene rings is 1. The van der Waals surface area contributed by atoms with Gasteiger partial charge in [0.2, 0.25) is 0 Å². The van der Waals surface area contributed by atoms with Crippen molar-refractivity contribution < 1.29 is 4.74 Å². The summed E-state index contributed by atoms with van der Waals surface area (Å²) in [6.07, 6.45) is 7.34. The molecule has 0 bridgehead atoms. The van der Waals surface area contributed by atoms with E-state index in [9.17, 15) is 0 Å². The van der Waals surface area contributed by atoms with Gasteiger partial charge in [0.1, 0.15) is 0 Å². The monoisotopic (exact) mass is 281 g/mol. The van der Waals surface area contributed by atoms with Gasteiger partial charge in [-0.3, -0.25) is 0 Å². The second-order valence-corrected chi connectivity index (χ2v) is 6.33. The fourth-order valence-corrected chi connectivity index (χ4v) is 3.94. The molecule has 1 atom stereocenters. The normalized spacial score (nSPS) is 19.7. The number of ether oxygens (including phenoxy) is 1. The molecule has 0 radical (unpaired) electrons. The number of hydrogen-bond donors (Lipinski definition) is 1. The van der Waals surface area contributed by atoms with E-state index >= 15 is 0 Å². The SMILES string of the molecule is CCCNC(Cc1ccsc1)C1(OCC)CCCC1. The summed E-state index contributed by atoms with van der Waals surface area (Å²) < 4.78 is 6.24. The van der Waals surface area contributed by atoms with E-state index in [0.29, 0.717) is 6.04 Å². The first-order chi connectivity index (χ1) is 9.30. The van der Waals surface area contributed by atoms with Crippen molar-refractivity contribution in [2.24, 2.45) is 0 Å². The summed E-state index contributed by atoms with van der Waals surface area (Å²) in [5.74, 6) is 0. The second-order valence-electron chi connectivity index (χ2n) is 5.55. The van der Waals surface area contributed by atoms with Gasteiger partial charge in [-0.25, -0.2) is 0 Å². The van der Waals surface area contributed by atoms with Crippen LogP contribution in [-0.2, 0) is 11.2 Å². The molecule has 1 heterocycles. The van der Waals surface area contributed by atoms with Crippen molar-refractivity contribution >= 4 is 11.3 Å². The summed E-state index contributed by atoms with van der Waals surface area (Å²) in [6.45, 7) is 6.27. The Labute approximate surface area is 121 Å². The maximum atomic E-state index is 6.24. The molecule has 1 aromatic heterocycles. The molecule has 1 unspecified atom stereocenters. The van der Waals surface area contributed by atoms with E-state index in [1.807, 2.05) is 0 Å². The van der Waals surface area contributed by atoms with E-state index in [4.69, 9.17) is 4.74 Å².